The van der Waals surface area contributed by atoms with Gasteiger partial charge in [0, 0.05) is 11.8 Å². The van der Waals surface area contributed by atoms with Gasteiger partial charge in [-0.3, -0.25) is 4.79 Å². The molecule has 4 nitrogen and oxygen atoms in total. The molecule has 0 aromatic heterocycles. The van der Waals surface area contributed by atoms with Crippen molar-refractivity contribution < 1.29 is 19.4 Å². The summed E-state index contributed by atoms with van der Waals surface area (Å²) < 4.78 is 10.6. The molecule has 0 aromatic rings. The van der Waals surface area contributed by atoms with Crippen LogP contribution in [-0.2, 0) is 14.3 Å². The zero-order valence-corrected chi connectivity index (χ0v) is 6.73. The van der Waals surface area contributed by atoms with Gasteiger partial charge in [0.15, 0.2) is 6.29 Å². The smallest absolute Gasteiger partial charge is 0.303 e. The lowest BCUT2D eigenvalue weighted by atomic mass is 9.91. The van der Waals surface area contributed by atoms with Crippen molar-refractivity contribution in [3.63, 3.8) is 0 Å². The van der Waals surface area contributed by atoms with E-state index in [1.807, 2.05) is 0 Å². The van der Waals surface area contributed by atoms with Crippen LogP contribution in [0.5, 0.6) is 0 Å². The molecule has 2 heterocycles. The predicted molar refractivity (Wildman–Crippen MR) is 39.5 cm³/mol. The number of ether oxygens (including phenoxy) is 2. The molecule has 0 aliphatic carbocycles. The lowest BCUT2D eigenvalue weighted by Crippen LogP contribution is -2.17. The number of carboxylic acids is 1. The van der Waals surface area contributed by atoms with Crippen molar-refractivity contribution in [3.05, 3.63) is 0 Å². The summed E-state index contributed by atoms with van der Waals surface area (Å²) in [6.07, 6.45) is 1.04. The van der Waals surface area contributed by atoms with E-state index in [2.05, 4.69) is 0 Å². The van der Waals surface area contributed by atoms with Gasteiger partial charge in [-0.05, 0) is 6.42 Å². The fraction of sp³-hybridized carbons (Fsp3) is 0.875. The molecule has 2 aliphatic heterocycles. The largest absolute Gasteiger partial charge is 0.481 e. The van der Waals surface area contributed by atoms with Crippen LogP contribution in [-0.4, -0.2) is 30.6 Å². The molecule has 0 amide bonds. The zero-order valence-electron chi connectivity index (χ0n) is 6.73. The fourth-order valence-corrected chi connectivity index (χ4v) is 1.99. The van der Waals surface area contributed by atoms with Gasteiger partial charge in [-0.2, -0.15) is 0 Å². The lowest BCUT2D eigenvalue weighted by Gasteiger charge is -2.11. The lowest BCUT2D eigenvalue weighted by molar-refractivity contribution is -0.138. The maximum atomic E-state index is 10.4. The molecule has 12 heavy (non-hydrogen) atoms. The van der Waals surface area contributed by atoms with Crippen LogP contribution in [0.2, 0.25) is 0 Å². The number of carbonyl (C=O) groups is 1. The van der Waals surface area contributed by atoms with E-state index in [4.69, 9.17) is 14.6 Å². The molecule has 1 N–H and O–H groups in total. The van der Waals surface area contributed by atoms with Crippen molar-refractivity contribution in [2.75, 3.05) is 13.2 Å². The third-order valence-electron chi connectivity index (χ3n) is 2.60. The molecule has 0 saturated carbocycles. The van der Waals surface area contributed by atoms with Crippen molar-refractivity contribution in [2.45, 2.75) is 19.1 Å². The molecule has 2 rings (SSSR count). The van der Waals surface area contributed by atoms with Gasteiger partial charge in [0.05, 0.1) is 19.6 Å². The SMILES string of the molecule is O=C(O)C[C@@H]1CO[C@@H]2OCC[C@H]12. The minimum absolute atomic E-state index is 0.116. The van der Waals surface area contributed by atoms with Crippen LogP contribution in [0.25, 0.3) is 0 Å². The summed E-state index contributed by atoms with van der Waals surface area (Å²) >= 11 is 0. The first-order valence-electron chi connectivity index (χ1n) is 4.22. The second kappa shape index (κ2) is 3.03. The predicted octanol–water partition coefficient (Wildman–Crippen LogP) is 0.470. The number of carboxylic acid groups (broad SMARTS) is 1. The number of fused-ring (bicyclic) bond motifs is 1. The highest BCUT2D eigenvalue weighted by Crippen LogP contribution is 2.36. The van der Waals surface area contributed by atoms with Gasteiger partial charge in [-0.15, -0.1) is 0 Å². The van der Waals surface area contributed by atoms with Crippen LogP contribution in [0.1, 0.15) is 12.8 Å². The Labute approximate surface area is 70.5 Å². The van der Waals surface area contributed by atoms with Crippen molar-refractivity contribution >= 4 is 5.97 Å². The van der Waals surface area contributed by atoms with E-state index in [0.29, 0.717) is 19.1 Å². The fourth-order valence-electron chi connectivity index (χ4n) is 1.99. The van der Waals surface area contributed by atoms with Gasteiger partial charge in [-0.25, -0.2) is 0 Å². The first-order valence-corrected chi connectivity index (χ1v) is 4.22. The van der Waals surface area contributed by atoms with Gasteiger partial charge >= 0.3 is 5.97 Å². The van der Waals surface area contributed by atoms with Crippen LogP contribution < -0.4 is 0 Å². The highest BCUT2D eigenvalue weighted by atomic mass is 16.7. The van der Waals surface area contributed by atoms with Crippen LogP contribution in [0, 0.1) is 11.8 Å². The van der Waals surface area contributed by atoms with E-state index in [-0.39, 0.29) is 18.6 Å². The summed E-state index contributed by atoms with van der Waals surface area (Å²) in [4.78, 5) is 10.4. The number of aliphatic carboxylic acids is 1. The Kier molecular flexibility index (Phi) is 2.02. The quantitative estimate of drug-likeness (QED) is 0.657. The molecule has 0 spiro atoms. The second-order valence-electron chi connectivity index (χ2n) is 3.38. The van der Waals surface area contributed by atoms with Crippen LogP contribution in [0.3, 0.4) is 0 Å². The van der Waals surface area contributed by atoms with Crippen LogP contribution in [0.15, 0.2) is 0 Å². The Morgan fingerprint density at radius 1 is 1.50 bits per heavy atom. The highest BCUT2D eigenvalue weighted by molar-refractivity contribution is 5.67. The number of hydrogen-bond acceptors (Lipinski definition) is 3. The molecule has 0 unspecified atom stereocenters. The molecule has 0 bridgehead atoms. The van der Waals surface area contributed by atoms with E-state index in [0.717, 1.165) is 6.42 Å². The summed E-state index contributed by atoms with van der Waals surface area (Å²) in [6.45, 7) is 1.26. The van der Waals surface area contributed by atoms with E-state index in [1.54, 1.807) is 0 Å². The van der Waals surface area contributed by atoms with Crippen LogP contribution >= 0.6 is 0 Å². The van der Waals surface area contributed by atoms with Gasteiger partial charge in [0.2, 0.25) is 0 Å². The standard InChI is InChI=1S/C8H12O4/c9-7(10)3-5-4-12-8-6(5)1-2-11-8/h5-6,8H,1-4H2,(H,9,10)/t5-,6-,8+/m1/s1. The summed E-state index contributed by atoms with van der Waals surface area (Å²) in [6, 6.07) is 0. The van der Waals surface area contributed by atoms with Gasteiger partial charge in [0.1, 0.15) is 0 Å². The average Bonchev–Trinajstić information content (AvgIpc) is 2.52. The molecule has 2 aliphatic rings. The molecule has 0 aromatic carbocycles. The Morgan fingerprint density at radius 2 is 2.33 bits per heavy atom. The van der Waals surface area contributed by atoms with E-state index >= 15 is 0 Å². The zero-order chi connectivity index (χ0) is 8.55. The Morgan fingerprint density at radius 3 is 3.08 bits per heavy atom. The summed E-state index contributed by atoms with van der Waals surface area (Å²) in [5, 5.41) is 8.60. The Balaban J connectivity index is 1.95. The van der Waals surface area contributed by atoms with Gasteiger partial charge in [0.25, 0.3) is 0 Å². The monoisotopic (exact) mass is 172 g/mol. The topological polar surface area (TPSA) is 55.8 Å². The second-order valence-corrected chi connectivity index (χ2v) is 3.38. The van der Waals surface area contributed by atoms with E-state index < -0.39 is 5.97 Å². The van der Waals surface area contributed by atoms with Gasteiger partial charge < -0.3 is 14.6 Å². The molecule has 68 valence electrons. The maximum Gasteiger partial charge on any atom is 0.303 e. The van der Waals surface area contributed by atoms with Crippen molar-refractivity contribution in [1.29, 1.82) is 0 Å². The van der Waals surface area contributed by atoms with Crippen molar-refractivity contribution in [3.8, 4) is 0 Å². The molecular weight excluding hydrogens is 160 g/mol. The van der Waals surface area contributed by atoms with Crippen molar-refractivity contribution in [1.82, 2.24) is 0 Å². The van der Waals surface area contributed by atoms with E-state index in [9.17, 15) is 4.79 Å². The third-order valence-corrected chi connectivity index (χ3v) is 2.60. The molecule has 0 radical (unpaired) electrons. The normalized spacial score (nSPS) is 39.8. The molecule has 2 fully saturated rings. The third kappa shape index (κ3) is 1.32. The number of hydrogen-bond donors (Lipinski definition) is 1. The first kappa shape index (κ1) is 8.01. The Hall–Kier alpha value is -0.610. The summed E-state index contributed by atoms with van der Waals surface area (Å²) in [5.74, 6) is -0.257. The molecular formula is C8H12O4. The molecule has 2 saturated heterocycles. The minimum Gasteiger partial charge on any atom is -0.481 e. The Bertz CT molecular complexity index is 191. The first-order chi connectivity index (χ1) is 5.77. The summed E-state index contributed by atoms with van der Waals surface area (Å²) in [5.41, 5.74) is 0. The van der Waals surface area contributed by atoms with Crippen LogP contribution in [0.4, 0.5) is 0 Å². The highest BCUT2D eigenvalue weighted by Gasteiger charge is 2.42. The molecule has 3 atom stereocenters. The van der Waals surface area contributed by atoms with E-state index in [1.165, 1.54) is 0 Å². The minimum atomic E-state index is -0.740. The van der Waals surface area contributed by atoms with Crippen molar-refractivity contribution in [2.24, 2.45) is 11.8 Å². The maximum absolute atomic E-state index is 10.4. The molecule has 4 heteroatoms. The van der Waals surface area contributed by atoms with Gasteiger partial charge in [-0.1, -0.05) is 0 Å². The number of rotatable bonds is 2. The average molecular weight is 172 g/mol. The summed E-state index contributed by atoms with van der Waals surface area (Å²) in [7, 11) is 0.